The highest BCUT2D eigenvalue weighted by Gasteiger charge is 2.35. The van der Waals surface area contributed by atoms with E-state index >= 15 is 0 Å². The van der Waals surface area contributed by atoms with Crippen LogP contribution in [0.1, 0.15) is 20.3 Å². The summed E-state index contributed by atoms with van der Waals surface area (Å²) in [5.74, 6) is -3.12. The SMILES string of the molecule is CCN(CC)c1ccc(N2CC(C(=O)Nc3c(F)cccc3F)CC2=O)cc1. The van der Waals surface area contributed by atoms with Gasteiger partial charge in [0.05, 0.1) is 5.92 Å². The summed E-state index contributed by atoms with van der Waals surface area (Å²) in [6.45, 7) is 6.08. The topological polar surface area (TPSA) is 52.6 Å². The van der Waals surface area contributed by atoms with E-state index in [2.05, 4.69) is 24.1 Å². The van der Waals surface area contributed by atoms with Crippen LogP contribution in [0.3, 0.4) is 0 Å². The molecule has 1 heterocycles. The second kappa shape index (κ2) is 8.37. The van der Waals surface area contributed by atoms with E-state index < -0.39 is 29.1 Å². The largest absolute Gasteiger partial charge is 0.372 e. The molecule has 2 aromatic carbocycles. The van der Waals surface area contributed by atoms with Crippen LogP contribution in [-0.4, -0.2) is 31.4 Å². The second-order valence-electron chi connectivity index (χ2n) is 6.68. The van der Waals surface area contributed by atoms with Gasteiger partial charge >= 0.3 is 0 Å². The average molecular weight is 387 g/mol. The minimum absolute atomic E-state index is 0.000296. The van der Waals surface area contributed by atoms with Gasteiger partial charge in [-0.25, -0.2) is 8.78 Å². The first kappa shape index (κ1) is 19.8. The predicted molar refractivity (Wildman–Crippen MR) is 105 cm³/mol. The third kappa shape index (κ3) is 3.98. The molecule has 0 spiro atoms. The predicted octanol–water partition coefficient (Wildman–Crippen LogP) is 3.80. The molecule has 1 aliphatic heterocycles. The number of nitrogens with zero attached hydrogens (tertiary/aromatic N) is 2. The van der Waals surface area contributed by atoms with E-state index in [9.17, 15) is 18.4 Å². The molecule has 28 heavy (non-hydrogen) atoms. The Morgan fingerprint density at radius 2 is 1.71 bits per heavy atom. The smallest absolute Gasteiger partial charge is 0.229 e. The van der Waals surface area contributed by atoms with Crippen molar-refractivity contribution in [3.63, 3.8) is 0 Å². The van der Waals surface area contributed by atoms with Crippen molar-refractivity contribution in [3.8, 4) is 0 Å². The van der Waals surface area contributed by atoms with Crippen LogP contribution in [0.15, 0.2) is 42.5 Å². The molecule has 0 saturated carbocycles. The van der Waals surface area contributed by atoms with Gasteiger partial charge in [-0.3, -0.25) is 9.59 Å². The fourth-order valence-corrected chi connectivity index (χ4v) is 3.41. The van der Waals surface area contributed by atoms with Gasteiger partial charge in [0.15, 0.2) is 0 Å². The van der Waals surface area contributed by atoms with Gasteiger partial charge in [0, 0.05) is 37.4 Å². The summed E-state index contributed by atoms with van der Waals surface area (Å²) in [6, 6.07) is 11.0. The highest BCUT2D eigenvalue weighted by atomic mass is 19.1. The van der Waals surface area contributed by atoms with Crippen molar-refractivity contribution in [2.45, 2.75) is 20.3 Å². The standard InChI is InChI=1S/C21H23F2N3O2/c1-3-25(4-2)15-8-10-16(11-9-15)26-13-14(12-19(26)27)21(28)24-20-17(22)6-5-7-18(20)23/h5-11,14H,3-4,12-13H2,1-2H3,(H,24,28). The van der Waals surface area contributed by atoms with Gasteiger partial charge in [-0.15, -0.1) is 0 Å². The van der Waals surface area contributed by atoms with Crippen LogP contribution in [0.4, 0.5) is 25.8 Å². The lowest BCUT2D eigenvalue weighted by Crippen LogP contribution is -2.28. The van der Waals surface area contributed by atoms with Crippen molar-refractivity contribution in [3.05, 3.63) is 54.1 Å². The second-order valence-corrected chi connectivity index (χ2v) is 6.68. The molecule has 1 unspecified atom stereocenters. The molecule has 5 nitrogen and oxygen atoms in total. The fraction of sp³-hybridized carbons (Fsp3) is 0.333. The monoisotopic (exact) mass is 387 g/mol. The van der Waals surface area contributed by atoms with Crippen LogP contribution in [0.2, 0.25) is 0 Å². The molecule has 1 aliphatic rings. The molecule has 7 heteroatoms. The minimum Gasteiger partial charge on any atom is -0.372 e. The Morgan fingerprint density at radius 3 is 2.29 bits per heavy atom. The fourth-order valence-electron chi connectivity index (χ4n) is 3.41. The van der Waals surface area contributed by atoms with E-state index in [0.717, 1.165) is 30.9 Å². The molecule has 148 valence electrons. The maximum Gasteiger partial charge on any atom is 0.229 e. The van der Waals surface area contributed by atoms with Gasteiger partial charge in [-0.2, -0.15) is 0 Å². The van der Waals surface area contributed by atoms with Crippen LogP contribution >= 0.6 is 0 Å². The molecule has 0 radical (unpaired) electrons. The van der Waals surface area contributed by atoms with Gasteiger partial charge in [-0.05, 0) is 50.2 Å². The summed E-state index contributed by atoms with van der Waals surface area (Å²) < 4.78 is 27.5. The quantitative estimate of drug-likeness (QED) is 0.820. The van der Waals surface area contributed by atoms with E-state index in [1.165, 1.54) is 11.0 Å². The first-order chi connectivity index (χ1) is 13.4. The number of nitrogens with one attached hydrogen (secondary N) is 1. The molecule has 1 saturated heterocycles. The summed E-state index contributed by atoms with van der Waals surface area (Å²) in [4.78, 5) is 28.6. The zero-order valence-electron chi connectivity index (χ0n) is 15.9. The minimum atomic E-state index is -0.846. The molecule has 0 aliphatic carbocycles. The van der Waals surface area contributed by atoms with E-state index in [-0.39, 0.29) is 18.9 Å². The molecule has 0 aromatic heterocycles. The van der Waals surface area contributed by atoms with Crippen molar-refractivity contribution in [2.75, 3.05) is 34.8 Å². The van der Waals surface area contributed by atoms with Crippen LogP contribution < -0.4 is 15.1 Å². The molecular formula is C21H23F2N3O2. The van der Waals surface area contributed by atoms with Crippen molar-refractivity contribution >= 4 is 28.9 Å². The highest BCUT2D eigenvalue weighted by molar-refractivity contribution is 6.03. The Kier molecular flexibility index (Phi) is 5.92. The van der Waals surface area contributed by atoms with Gasteiger partial charge in [-0.1, -0.05) is 6.07 Å². The van der Waals surface area contributed by atoms with Crippen molar-refractivity contribution in [1.29, 1.82) is 0 Å². The van der Waals surface area contributed by atoms with E-state index in [1.54, 1.807) is 0 Å². The van der Waals surface area contributed by atoms with E-state index in [0.29, 0.717) is 5.69 Å². The van der Waals surface area contributed by atoms with Crippen LogP contribution in [0.25, 0.3) is 0 Å². The zero-order chi connectivity index (χ0) is 20.3. The average Bonchev–Trinajstić information content (AvgIpc) is 3.08. The van der Waals surface area contributed by atoms with E-state index in [4.69, 9.17) is 0 Å². The van der Waals surface area contributed by atoms with Gasteiger partial charge in [0.1, 0.15) is 17.3 Å². The molecule has 1 N–H and O–H groups in total. The normalized spacial score (nSPS) is 16.4. The van der Waals surface area contributed by atoms with Crippen molar-refractivity contribution in [2.24, 2.45) is 5.92 Å². The summed E-state index contributed by atoms with van der Waals surface area (Å²) in [5, 5.41) is 2.28. The number of carbonyl (C=O) groups is 2. The molecular weight excluding hydrogens is 364 g/mol. The highest BCUT2D eigenvalue weighted by Crippen LogP contribution is 2.28. The van der Waals surface area contributed by atoms with Crippen molar-refractivity contribution in [1.82, 2.24) is 0 Å². The Balaban J connectivity index is 1.70. The third-order valence-corrected chi connectivity index (χ3v) is 5.00. The lowest BCUT2D eigenvalue weighted by atomic mass is 10.1. The summed E-state index contributed by atoms with van der Waals surface area (Å²) >= 11 is 0. The number of anilines is 3. The number of rotatable bonds is 6. The van der Waals surface area contributed by atoms with Crippen LogP contribution in [0.5, 0.6) is 0 Å². The Bertz CT molecular complexity index is 846. The summed E-state index contributed by atoms with van der Waals surface area (Å²) in [5.41, 5.74) is 1.28. The van der Waals surface area contributed by atoms with E-state index in [1.807, 2.05) is 24.3 Å². The van der Waals surface area contributed by atoms with Gasteiger partial charge in [0.2, 0.25) is 11.8 Å². The summed E-state index contributed by atoms with van der Waals surface area (Å²) in [7, 11) is 0. The van der Waals surface area contributed by atoms with Gasteiger partial charge in [0.25, 0.3) is 0 Å². The molecule has 1 atom stereocenters. The van der Waals surface area contributed by atoms with Crippen LogP contribution in [-0.2, 0) is 9.59 Å². The lowest BCUT2D eigenvalue weighted by molar-refractivity contribution is -0.122. The number of halogens is 2. The first-order valence-corrected chi connectivity index (χ1v) is 9.34. The third-order valence-electron chi connectivity index (χ3n) is 5.00. The maximum atomic E-state index is 13.7. The number of hydrogen-bond donors (Lipinski definition) is 1. The maximum absolute atomic E-state index is 13.7. The van der Waals surface area contributed by atoms with Crippen molar-refractivity contribution < 1.29 is 18.4 Å². The molecule has 1 fully saturated rings. The molecule has 2 amide bonds. The number of amides is 2. The zero-order valence-corrected chi connectivity index (χ0v) is 15.9. The number of para-hydroxylation sites is 1. The molecule has 3 rings (SSSR count). The number of benzene rings is 2. The molecule has 2 aromatic rings. The first-order valence-electron chi connectivity index (χ1n) is 9.34. The number of hydrogen-bond acceptors (Lipinski definition) is 3. The molecule has 0 bridgehead atoms. The Hall–Kier alpha value is -2.96. The Morgan fingerprint density at radius 1 is 1.11 bits per heavy atom. The van der Waals surface area contributed by atoms with Gasteiger partial charge < -0.3 is 15.1 Å². The summed E-state index contributed by atoms with van der Waals surface area (Å²) in [6.07, 6.45) is -0.000296. The van der Waals surface area contributed by atoms with Crippen LogP contribution in [0, 0.1) is 17.6 Å². The Labute approximate surface area is 162 Å². The lowest BCUT2D eigenvalue weighted by Gasteiger charge is -2.22. The number of carbonyl (C=O) groups excluding carboxylic acids is 2.